The van der Waals surface area contributed by atoms with Crippen molar-refractivity contribution in [3.05, 3.63) is 40.6 Å². The molecule has 1 unspecified atom stereocenters. The summed E-state index contributed by atoms with van der Waals surface area (Å²) in [5, 5.41) is 8.96. The number of nitrogens with zero attached hydrogens (tertiary/aromatic N) is 2. The van der Waals surface area contributed by atoms with Crippen LogP contribution in [0.2, 0.25) is 0 Å². The van der Waals surface area contributed by atoms with E-state index >= 15 is 0 Å². The molecule has 2 heterocycles. The lowest BCUT2D eigenvalue weighted by Gasteiger charge is -2.18. The predicted molar refractivity (Wildman–Crippen MR) is 135 cm³/mol. The highest BCUT2D eigenvalue weighted by Crippen LogP contribution is 2.27. The fourth-order valence-corrected chi connectivity index (χ4v) is 4.21. The number of hydrogen-bond acceptors (Lipinski definition) is 4. The van der Waals surface area contributed by atoms with E-state index in [9.17, 15) is 4.79 Å². The molecule has 1 saturated heterocycles. The summed E-state index contributed by atoms with van der Waals surface area (Å²) in [6, 6.07) is 10.5. The van der Waals surface area contributed by atoms with E-state index < -0.39 is 0 Å². The van der Waals surface area contributed by atoms with Crippen LogP contribution < -0.4 is 15.4 Å². The largest absolute Gasteiger partial charge is 0.497 e. The monoisotopic (exact) mass is 542 g/mol. The quantitative estimate of drug-likeness (QED) is 0.314. The van der Waals surface area contributed by atoms with Crippen molar-refractivity contribution in [2.45, 2.75) is 39.3 Å². The first-order chi connectivity index (χ1) is 14.1. The van der Waals surface area contributed by atoms with Crippen molar-refractivity contribution in [1.29, 1.82) is 0 Å². The van der Waals surface area contributed by atoms with Crippen LogP contribution in [0.3, 0.4) is 0 Å². The van der Waals surface area contributed by atoms with E-state index in [1.165, 1.54) is 16.0 Å². The Kier molecular flexibility index (Phi) is 9.90. The topological polar surface area (TPSA) is 66.0 Å². The maximum absolute atomic E-state index is 11.9. The van der Waals surface area contributed by atoms with Crippen molar-refractivity contribution in [2.24, 2.45) is 4.99 Å². The van der Waals surface area contributed by atoms with Crippen molar-refractivity contribution in [3.63, 3.8) is 0 Å². The van der Waals surface area contributed by atoms with Gasteiger partial charge in [0.15, 0.2) is 5.96 Å². The molecule has 0 saturated carbocycles. The van der Waals surface area contributed by atoms with E-state index in [-0.39, 0.29) is 35.9 Å². The van der Waals surface area contributed by atoms with Gasteiger partial charge in [-0.25, -0.2) is 4.99 Å². The molecule has 1 aliphatic rings. The van der Waals surface area contributed by atoms with Gasteiger partial charge in [0.25, 0.3) is 0 Å². The summed E-state index contributed by atoms with van der Waals surface area (Å²) in [6.07, 6.45) is 1.52. The average molecular weight is 542 g/mol. The van der Waals surface area contributed by atoms with Gasteiger partial charge >= 0.3 is 0 Å². The molecule has 2 N–H and O–H groups in total. The number of nitrogens with one attached hydrogen (secondary N) is 2. The van der Waals surface area contributed by atoms with Gasteiger partial charge in [-0.1, -0.05) is 19.1 Å². The predicted octanol–water partition coefficient (Wildman–Crippen LogP) is 4.11. The van der Waals surface area contributed by atoms with Crippen molar-refractivity contribution in [3.8, 4) is 16.9 Å². The summed E-state index contributed by atoms with van der Waals surface area (Å²) in [5.41, 5.74) is 2.37. The van der Waals surface area contributed by atoms with Crippen LogP contribution >= 0.6 is 35.3 Å². The van der Waals surface area contributed by atoms with E-state index in [1.807, 2.05) is 24.0 Å². The first-order valence-electron chi connectivity index (χ1n) is 10.2. The van der Waals surface area contributed by atoms with E-state index in [0.29, 0.717) is 13.0 Å². The van der Waals surface area contributed by atoms with Crippen molar-refractivity contribution >= 4 is 47.2 Å². The lowest BCUT2D eigenvalue weighted by Crippen LogP contribution is -2.45. The highest BCUT2D eigenvalue weighted by Gasteiger charge is 2.25. The Morgan fingerprint density at radius 2 is 2.03 bits per heavy atom. The first-order valence-corrected chi connectivity index (χ1v) is 11.0. The Morgan fingerprint density at radius 3 is 2.70 bits per heavy atom. The Morgan fingerprint density at radius 1 is 1.27 bits per heavy atom. The third-order valence-corrected chi connectivity index (χ3v) is 5.92. The molecule has 0 spiro atoms. The molecule has 3 rings (SSSR count). The van der Waals surface area contributed by atoms with Crippen LogP contribution in [-0.2, 0) is 11.3 Å². The maximum Gasteiger partial charge on any atom is 0.222 e. The summed E-state index contributed by atoms with van der Waals surface area (Å²) < 4.78 is 5.23. The maximum atomic E-state index is 11.9. The zero-order chi connectivity index (χ0) is 20.6. The molecule has 0 radical (unpaired) electrons. The number of amides is 1. The lowest BCUT2D eigenvalue weighted by atomic mass is 10.1. The van der Waals surface area contributed by atoms with Gasteiger partial charge in [-0.2, -0.15) is 0 Å². The lowest BCUT2D eigenvalue weighted by molar-refractivity contribution is -0.129. The zero-order valence-electron chi connectivity index (χ0n) is 17.8. The minimum atomic E-state index is 0. The summed E-state index contributed by atoms with van der Waals surface area (Å²) in [5.74, 6) is 1.89. The minimum absolute atomic E-state index is 0. The van der Waals surface area contributed by atoms with Crippen LogP contribution in [-0.4, -0.2) is 49.6 Å². The second kappa shape index (κ2) is 12.1. The molecule has 0 aliphatic carbocycles. The van der Waals surface area contributed by atoms with Gasteiger partial charge in [0.1, 0.15) is 5.75 Å². The molecule has 1 aliphatic heterocycles. The molecular weight excluding hydrogens is 511 g/mol. The molecule has 1 atom stereocenters. The number of carbonyl (C=O) groups excluding carboxylic acids is 1. The Hall–Kier alpha value is -1.81. The average Bonchev–Trinajstić information content (AvgIpc) is 3.41. The molecule has 6 nitrogen and oxygen atoms in total. The number of aliphatic imine (C=N–C) groups is 1. The number of guanidine groups is 1. The minimum Gasteiger partial charge on any atom is -0.497 e. The highest BCUT2D eigenvalue weighted by molar-refractivity contribution is 14.0. The van der Waals surface area contributed by atoms with Gasteiger partial charge < -0.3 is 20.3 Å². The fourth-order valence-electron chi connectivity index (χ4n) is 3.40. The van der Waals surface area contributed by atoms with Crippen molar-refractivity contribution in [2.75, 3.05) is 26.7 Å². The molecule has 1 aromatic heterocycles. The fraction of sp³-hybridized carbons (Fsp3) is 0.455. The number of likely N-dealkylation sites (tertiary alicyclic amines) is 1. The van der Waals surface area contributed by atoms with Gasteiger partial charge in [0.05, 0.1) is 13.7 Å². The molecule has 8 heteroatoms. The molecule has 164 valence electrons. The SMILES string of the molecule is CCNC(=NCc1cc(-c2ccc(OC)cc2)cs1)NC1CCN(C(=O)CC)C1.I. The van der Waals surface area contributed by atoms with E-state index in [1.54, 1.807) is 18.4 Å². The third-order valence-electron chi connectivity index (χ3n) is 5.00. The Labute approximate surface area is 200 Å². The third kappa shape index (κ3) is 6.60. The normalized spacial score (nSPS) is 16.2. The standard InChI is InChI=1S/C22H30N4O2S.HI/c1-4-21(27)26-11-10-18(14-26)25-22(23-5-2)24-13-20-12-17(15-29-20)16-6-8-19(28-3)9-7-16;/h6-9,12,15,18H,4-5,10-11,13-14H2,1-3H3,(H2,23,24,25);1H. The number of halogens is 1. The molecule has 1 amide bonds. The number of rotatable bonds is 7. The van der Waals surface area contributed by atoms with Gasteiger partial charge in [0, 0.05) is 37.0 Å². The number of carbonyl (C=O) groups is 1. The number of hydrogen-bond donors (Lipinski definition) is 2. The zero-order valence-corrected chi connectivity index (χ0v) is 21.0. The molecule has 1 fully saturated rings. The number of thiophene rings is 1. The molecule has 0 bridgehead atoms. The van der Waals surface area contributed by atoms with Crippen LogP contribution in [0.1, 0.15) is 31.6 Å². The second-order valence-corrected chi connectivity index (χ2v) is 8.04. The van der Waals surface area contributed by atoms with Gasteiger partial charge in [0.2, 0.25) is 5.91 Å². The molecule has 30 heavy (non-hydrogen) atoms. The summed E-state index contributed by atoms with van der Waals surface area (Å²) >= 11 is 1.72. The van der Waals surface area contributed by atoms with Crippen molar-refractivity contribution in [1.82, 2.24) is 15.5 Å². The molecule has 2 aromatic rings. The van der Waals surface area contributed by atoms with Crippen LogP contribution in [0, 0.1) is 0 Å². The Bertz CT molecular complexity index is 838. The number of ether oxygens (including phenoxy) is 1. The first kappa shape index (κ1) is 24.5. The van der Waals surface area contributed by atoms with Crippen LogP contribution in [0.5, 0.6) is 5.75 Å². The summed E-state index contributed by atoms with van der Waals surface area (Å²) in [7, 11) is 1.68. The van der Waals surface area contributed by atoms with Gasteiger partial charge in [-0.15, -0.1) is 35.3 Å². The summed E-state index contributed by atoms with van der Waals surface area (Å²) in [6.45, 7) is 6.97. The summed E-state index contributed by atoms with van der Waals surface area (Å²) in [4.78, 5) is 19.8. The van der Waals surface area contributed by atoms with Crippen LogP contribution in [0.4, 0.5) is 0 Å². The number of methoxy groups -OCH3 is 1. The highest BCUT2D eigenvalue weighted by atomic mass is 127. The van der Waals surface area contributed by atoms with E-state index in [2.05, 4.69) is 41.1 Å². The van der Waals surface area contributed by atoms with Gasteiger partial charge in [-0.3, -0.25) is 4.79 Å². The van der Waals surface area contributed by atoms with Crippen molar-refractivity contribution < 1.29 is 9.53 Å². The van der Waals surface area contributed by atoms with Gasteiger partial charge in [-0.05, 0) is 48.1 Å². The Balaban J connectivity index is 0.00000320. The molecule has 1 aromatic carbocycles. The second-order valence-electron chi connectivity index (χ2n) is 7.05. The van der Waals surface area contributed by atoms with Crippen LogP contribution in [0.15, 0.2) is 40.7 Å². The van der Waals surface area contributed by atoms with E-state index in [0.717, 1.165) is 37.8 Å². The van der Waals surface area contributed by atoms with Crippen LogP contribution in [0.25, 0.3) is 11.1 Å². The smallest absolute Gasteiger partial charge is 0.222 e. The number of benzene rings is 1. The van der Waals surface area contributed by atoms with E-state index in [4.69, 9.17) is 9.73 Å². The molecular formula is C22H31IN4O2S.